The van der Waals surface area contributed by atoms with E-state index in [2.05, 4.69) is 31.6 Å². The van der Waals surface area contributed by atoms with Gasteiger partial charge in [0.25, 0.3) is 10.0 Å². The fourth-order valence-electron chi connectivity index (χ4n) is 4.65. The summed E-state index contributed by atoms with van der Waals surface area (Å²) >= 11 is 0. The third-order valence-corrected chi connectivity index (χ3v) is 7.55. The van der Waals surface area contributed by atoms with Crippen molar-refractivity contribution in [3.8, 4) is 22.9 Å². The standard InChI is InChI=1S/C28H28N6O5S/c1-3-40(37,38)33-24-10-4-8-21-20(24)12-11-18(2)25(21)39-26-22(9-5-14-29-26)23-13-15-30-27(32-23)31-19-7-6-16-34(17-19)28(35)36/h3-5,8-15,19,33H,1,6-7,16-17H2,2H3,(H,35,36)(H,30,31,32). The molecular weight excluding hydrogens is 532 g/mol. The molecule has 2 aromatic heterocycles. The minimum Gasteiger partial charge on any atom is -0.465 e. The van der Waals surface area contributed by atoms with Crippen LogP contribution in [0.5, 0.6) is 11.6 Å². The van der Waals surface area contributed by atoms with Crippen molar-refractivity contribution in [1.82, 2.24) is 19.9 Å². The zero-order valence-corrected chi connectivity index (χ0v) is 22.6. The van der Waals surface area contributed by atoms with Gasteiger partial charge in [0.15, 0.2) is 0 Å². The van der Waals surface area contributed by atoms with E-state index in [0.29, 0.717) is 58.4 Å². The third kappa shape index (κ3) is 5.81. The number of fused-ring (bicyclic) bond motifs is 1. The van der Waals surface area contributed by atoms with Crippen LogP contribution in [0, 0.1) is 6.92 Å². The molecule has 11 nitrogen and oxygen atoms in total. The van der Waals surface area contributed by atoms with Gasteiger partial charge in [0.05, 0.1) is 16.9 Å². The van der Waals surface area contributed by atoms with Crippen molar-refractivity contribution in [2.24, 2.45) is 0 Å². The van der Waals surface area contributed by atoms with Crippen LogP contribution in [0.25, 0.3) is 22.0 Å². The Bertz CT molecular complexity index is 1690. The lowest BCUT2D eigenvalue weighted by Gasteiger charge is -2.31. The molecule has 0 saturated carbocycles. The van der Waals surface area contributed by atoms with E-state index in [0.717, 1.165) is 23.8 Å². The van der Waals surface area contributed by atoms with E-state index in [-0.39, 0.29) is 6.04 Å². The van der Waals surface area contributed by atoms with Crippen molar-refractivity contribution in [2.45, 2.75) is 25.8 Å². The van der Waals surface area contributed by atoms with Gasteiger partial charge < -0.3 is 20.1 Å². The number of nitrogens with one attached hydrogen (secondary N) is 2. The van der Waals surface area contributed by atoms with Crippen molar-refractivity contribution in [1.29, 1.82) is 0 Å². The minimum absolute atomic E-state index is 0.101. The maximum Gasteiger partial charge on any atom is 0.407 e. The SMILES string of the molecule is C=CS(=O)(=O)Nc1cccc2c(Oc3ncccc3-c3ccnc(NC4CCCN(C(=O)O)C4)n3)c(C)ccc12. The summed E-state index contributed by atoms with van der Waals surface area (Å²) in [6.45, 7) is 6.13. The van der Waals surface area contributed by atoms with Crippen LogP contribution in [0.2, 0.25) is 0 Å². The summed E-state index contributed by atoms with van der Waals surface area (Å²) < 4.78 is 33.2. The second-order valence-electron chi connectivity index (χ2n) is 9.36. The van der Waals surface area contributed by atoms with E-state index in [4.69, 9.17) is 4.74 Å². The Morgan fingerprint density at radius 1 is 1.12 bits per heavy atom. The molecule has 0 bridgehead atoms. The fourth-order valence-corrected chi connectivity index (χ4v) is 5.22. The first-order valence-corrected chi connectivity index (χ1v) is 14.2. The molecule has 1 saturated heterocycles. The number of anilines is 2. The Balaban J connectivity index is 1.46. The van der Waals surface area contributed by atoms with Crippen molar-refractivity contribution in [3.63, 3.8) is 0 Å². The van der Waals surface area contributed by atoms with Crippen LogP contribution < -0.4 is 14.8 Å². The van der Waals surface area contributed by atoms with Gasteiger partial charge in [-0.2, -0.15) is 0 Å². The maximum atomic E-state index is 12.1. The number of hydrogen-bond acceptors (Lipinski definition) is 8. The van der Waals surface area contributed by atoms with Gasteiger partial charge in [0, 0.05) is 47.7 Å². The highest BCUT2D eigenvalue weighted by Crippen LogP contribution is 2.38. The molecule has 0 spiro atoms. The quantitative estimate of drug-likeness (QED) is 0.263. The van der Waals surface area contributed by atoms with Crippen LogP contribution in [-0.2, 0) is 10.0 Å². The number of carbonyl (C=O) groups is 1. The number of ether oxygens (including phenoxy) is 1. The first-order valence-electron chi connectivity index (χ1n) is 12.6. The van der Waals surface area contributed by atoms with Gasteiger partial charge in [-0.1, -0.05) is 30.8 Å². The Morgan fingerprint density at radius 2 is 1.98 bits per heavy atom. The van der Waals surface area contributed by atoms with Crippen molar-refractivity contribution in [2.75, 3.05) is 23.1 Å². The van der Waals surface area contributed by atoms with Crippen LogP contribution in [0.15, 0.2) is 72.9 Å². The van der Waals surface area contributed by atoms with E-state index in [1.165, 1.54) is 4.90 Å². The smallest absolute Gasteiger partial charge is 0.407 e. The zero-order chi connectivity index (χ0) is 28.3. The number of pyridine rings is 1. The molecule has 1 fully saturated rings. The van der Waals surface area contributed by atoms with E-state index in [9.17, 15) is 18.3 Å². The van der Waals surface area contributed by atoms with Gasteiger partial charge in [0.1, 0.15) is 5.75 Å². The van der Waals surface area contributed by atoms with Crippen molar-refractivity contribution < 1.29 is 23.1 Å². The lowest BCUT2D eigenvalue weighted by Crippen LogP contribution is -2.44. The molecule has 0 radical (unpaired) electrons. The molecule has 2 aromatic carbocycles. The van der Waals surface area contributed by atoms with Crippen molar-refractivity contribution >= 4 is 38.5 Å². The Morgan fingerprint density at radius 3 is 2.77 bits per heavy atom. The topological polar surface area (TPSA) is 147 Å². The maximum absolute atomic E-state index is 12.1. The van der Waals surface area contributed by atoms with Crippen molar-refractivity contribution in [3.05, 3.63) is 78.5 Å². The minimum atomic E-state index is -3.70. The normalized spacial score (nSPS) is 15.4. The summed E-state index contributed by atoms with van der Waals surface area (Å²) in [6, 6.07) is 14.2. The van der Waals surface area contributed by atoms with Gasteiger partial charge >= 0.3 is 6.09 Å². The molecule has 3 N–H and O–H groups in total. The number of rotatable bonds is 8. The van der Waals surface area contributed by atoms with Gasteiger partial charge in [-0.05, 0) is 49.6 Å². The molecule has 1 atom stereocenters. The number of piperidine rings is 1. The van der Waals surface area contributed by atoms with Gasteiger partial charge in [-0.25, -0.2) is 28.2 Å². The number of likely N-dealkylation sites (tertiary alicyclic amines) is 1. The summed E-state index contributed by atoms with van der Waals surface area (Å²) in [5, 5.41) is 14.8. The highest BCUT2D eigenvalue weighted by Gasteiger charge is 2.24. The molecule has 1 aliphatic rings. The molecule has 4 aromatic rings. The Hall–Kier alpha value is -4.71. The molecule has 40 heavy (non-hydrogen) atoms. The largest absolute Gasteiger partial charge is 0.465 e. The Kier molecular flexibility index (Phi) is 7.52. The van der Waals surface area contributed by atoms with E-state index in [1.54, 1.807) is 36.7 Å². The predicted octanol–water partition coefficient (Wildman–Crippen LogP) is 5.23. The molecular formula is C28H28N6O5S. The average Bonchev–Trinajstić information content (AvgIpc) is 2.95. The summed E-state index contributed by atoms with van der Waals surface area (Å²) in [4.78, 5) is 26.2. The van der Waals surface area contributed by atoms with E-state index in [1.807, 2.05) is 31.2 Å². The van der Waals surface area contributed by atoms with Gasteiger partial charge in [0.2, 0.25) is 11.8 Å². The van der Waals surface area contributed by atoms with Gasteiger partial charge in [-0.3, -0.25) is 4.72 Å². The fraction of sp³-hybridized carbons (Fsp3) is 0.214. The van der Waals surface area contributed by atoms with Crippen LogP contribution in [0.4, 0.5) is 16.4 Å². The average molecular weight is 561 g/mol. The Labute approximate surface area is 231 Å². The first-order chi connectivity index (χ1) is 19.2. The first kappa shape index (κ1) is 26.9. The number of hydrogen-bond donors (Lipinski definition) is 3. The van der Waals surface area contributed by atoms with Gasteiger partial charge in [-0.15, -0.1) is 0 Å². The van der Waals surface area contributed by atoms with Crippen LogP contribution >= 0.6 is 0 Å². The summed E-state index contributed by atoms with van der Waals surface area (Å²) in [5.41, 5.74) is 2.44. The molecule has 1 aliphatic heterocycles. The third-order valence-electron chi connectivity index (χ3n) is 6.61. The second-order valence-corrected chi connectivity index (χ2v) is 11.0. The molecule has 3 heterocycles. The molecule has 206 valence electrons. The van der Waals surface area contributed by atoms with Crippen LogP contribution in [0.1, 0.15) is 18.4 Å². The highest BCUT2D eigenvalue weighted by molar-refractivity contribution is 7.95. The number of carboxylic acid groups (broad SMARTS) is 1. The summed E-state index contributed by atoms with van der Waals surface area (Å²) in [7, 11) is -3.70. The lowest BCUT2D eigenvalue weighted by atomic mass is 10.0. The molecule has 1 amide bonds. The number of aryl methyl sites for hydroxylation is 1. The number of sulfonamides is 1. The zero-order valence-electron chi connectivity index (χ0n) is 21.7. The van der Waals surface area contributed by atoms with Crippen LogP contribution in [-0.4, -0.2) is 58.6 Å². The predicted molar refractivity (Wildman–Crippen MR) is 153 cm³/mol. The van der Waals surface area contributed by atoms with E-state index >= 15 is 0 Å². The monoisotopic (exact) mass is 560 g/mol. The lowest BCUT2D eigenvalue weighted by molar-refractivity contribution is 0.132. The highest BCUT2D eigenvalue weighted by atomic mass is 32.2. The summed E-state index contributed by atoms with van der Waals surface area (Å²) in [6.07, 6.45) is 3.87. The number of amides is 1. The molecule has 1 unspecified atom stereocenters. The van der Waals surface area contributed by atoms with E-state index < -0.39 is 16.1 Å². The second kappa shape index (κ2) is 11.2. The number of aromatic nitrogens is 3. The molecule has 0 aliphatic carbocycles. The molecule has 12 heteroatoms. The molecule has 5 rings (SSSR count). The summed E-state index contributed by atoms with van der Waals surface area (Å²) in [5.74, 6) is 1.22. The number of benzene rings is 2. The van der Waals surface area contributed by atoms with Crippen LogP contribution in [0.3, 0.4) is 0 Å². The number of nitrogens with zero attached hydrogens (tertiary/aromatic N) is 4.